The maximum atomic E-state index is 11.2. The molecule has 0 aliphatic heterocycles. The van der Waals surface area contributed by atoms with Gasteiger partial charge in [-0.2, -0.15) is 0 Å². The third-order valence-corrected chi connectivity index (χ3v) is 5.14. The summed E-state index contributed by atoms with van der Waals surface area (Å²) in [6.45, 7) is 2.85. The van der Waals surface area contributed by atoms with Crippen molar-refractivity contribution in [3.05, 3.63) is 24.3 Å². The fourth-order valence-electron chi connectivity index (χ4n) is 2.73. The second-order valence-electron chi connectivity index (χ2n) is 5.86. The Labute approximate surface area is 120 Å². The Bertz CT molecular complexity index is 546. The zero-order valence-corrected chi connectivity index (χ0v) is 12.6. The molecule has 0 radical (unpaired) electrons. The van der Waals surface area contributed by atoms with Crippen molar-refractivity contribution in [3.63, 3.8) is 0 Å². The van der Waals surface area contributed by atoms with Crippen LogP contribution >= 0.6 is 0 Å². The van der Waals surface area contributed by atoms with Crippen LogP contribution in [0.1, 0.15) is 32.6 Å². The molecule has 1 fully saturated rings. The second-order valence-corrected chi connectivity index (χ2v) is 7.42. The number of nitrogens with two attached hydrogens (primary N) is 2. The molecule has 1 saturated carbocycles. The number of benzene rings is 1. The van der Waals surface area contributed by atoms with E-state index in [0.717, 1.165) is 24.4 Å². The average Bonchev–Trinajstić information content (AvgIpc) is 2.41. The summed E-state index contributed by atoms with van der Waals surface area (Å²) in [6.07, 6.45) is 4.42. The highest BCUT2D eigenvalue weighted by Crippen LogP contribution is 2.34. The SMILES string of the molecule is CC1CCC(CN)(Nc2ccc(S(N)(=O)=O)cc2)CC1. The first-order valence-corrected chi connectivity index (χ1v) is 8.50. The van der Waals surface area contributed by atoms with E-state index in [1.807, 2.05) is 0 Å². The minimum Gasteiger partial charge on any atom is -0.378 e. The summed E-state index contributed by atoms with van der Waals surface area (Å²) >= 11 is 0. The second kappa shape index (κ2) is 5.71. The third-order valence-electron chi connectivity index (χ3n) is 4.21. The predicted molar refractivity (Wildman–Crippen MR) is 80.9 cm³/mol. The van der Waals surface area contributed by atoms with Gasteiger partial charge in [-0.05, 0) is 55.9 Å². The highest BCUT2D eigenvalue weighted by atomic mass is 32.2. The molecule has 112 valence electrons. The fourth-order valence-corrected chi connectivity index (χ4v) is 3.24. The Kier molecular flexibility index (Phi) is 4.36. The molecule has 0 aromatic heterocycles. The maximum absolute atomic E-state index is 11.2. The normalized spacial score (nSPS) is 27.2. The molecule has 1 aromatic carbocycles. The van der Waals surface area contributed by atoms with Crippen LogP contribution < -0.4 is 16.2 Å². The monoisotopic (exact) mass is 297 g/mol. The van der Waals surface area contributed by atoms with Gasteiger partial charge in [-0.1, -0.05) is 6.92 Å². The predicted octanol–water partition coefficient (Wildman–Crippen LogP) is 1.65. The van der Waals surface area contributed by atoms with E-state index in [0.29, 0.717) is 6.54 Å². The lowest BCUT2D eigenvalue weighted by Gasteiger charge is -2.40. The van der Waals surface area contributed by atoms with Gasteiger partial charge in [0.1, 0.15) is 0 Å². The van der Waals surface area contributed by atoms with Crippen LogP contribution in [0.25, 0.3) is 0 Å². The van der Waals surface area contributed by atoms with E-state index in [9.17, 15) is 8.42 Å². The molecule has 0 atom stereocenters. The van der Waals surface area contributed by atoms with Crippen LogP contribution in [0, 0.1) is 5.92 Å². The highest BCUT2D eigenvalue weighted by Gasteiger charge is 2.32. The average molecular weight is 297 g/mol. The van der Waals surface area contributed by atoms with Crippen LogP contribution in [0.15, 0.2) is 29.2 Å². The van der Waals surface area contributed by atoms with Gasteiger partial charge in [-0.25, -0.2) is 13.6 Å². The van der Waals surface area contributed by atoms with Crippen LogP contribution in [0.4, 0.5) is 5.69 Å². The van der Waals surface area contributed by atoms with Gasteiger partial charge in [0.15, 0.2) is 0 Å². The Morgan fingerprint density at radius 3 is 2.25 bits per heavy atom. The summed E-state index contributed by atoms with van der Waals surface area (Å²) in [5.41, 5.74) is 6.76. The van der Waals surface area contributed by atoms with Crippen LogP contribution in [-0.2, 0) is 10.0 Å². The van der Waals surface area contributed by atoms with Crippen LogP contribution in [0.5, 0.6) is 0 Å². The first-order chi connectivity index (χ1) is 9.35. The van der Waals surface area contributed by atoms with Gasteiger partial charge in [-0.3, -0.25) is 0 Å². The summed E-state index contributed by atoms with van der Waals surface area (Å²) < 4.78 is 22.5. The van der Waals surface area contributed by atoms with Crippen molar-refractivity contribution in [2.45, 2.75) is 43.0 Å². The molecule has 5 nitrogen and oxygen atoms in total. The Morgan fingerprint density at radius 1 is 1.25 bits per heavy atom. The first-order valence-electron chi connectivity index (χ1n) is 6.96. The van der Waals surface area contributed by atoms with Crippen LogP contribution in [-0.4, -0.2) is 20.5 Å². The standard InChI is InChI=1S/C14H23N3O2S/c1-11-6-8-14(10-15,9-7-11)17-12-2-4-13(5-3-12)20(16,18)19/h2-5,11,17H,6-10,15H2,1H3,(H2,16,18,19). The molecule has 0 amide bonds. The van der Waals surface area contributed by atoms with E-state index >= 15 is 0 Å². The Balaban J connectivity index is 2.12. The number of nitrogens with one attached hydrogen (secondary N) is 1. The van der Waals surface area contributed by atoms with Gasteiger partial charge < -0.3 is 11.1 Å². The van der Waals surface area contributed by atoms with Crippen molar-refractivity contribution in [1.82, 2.24) is 0 Å². The quantitative estimate of drug-likeness (QED) is 0.787. The van der Waals surface area contributed by atoms with E-state index in [1.54, 1.807) is 12.1 Å². The number of rotatable bonds is 4. The molecule has 0 saturated heterocycles. The van der Waals surface area contributed by atoms with E-state index < -0.39 is 10.0 Å². The molecule has 0 heterocycles. The molecule has 1 aromatic rings. The third kappa shape index (κ3) is 3.50. The van der Waals surface area contributed by atoms with Gasteiger partial charge in [0.25, 0.3) is 0 Å². The van der Waals surface area contributed by atoms with Crippen LogP contribution in [0.3, 0.4) is 0 Å². The smallest absolute Gasteiger partial charge is 0.238 e. The summed E-state index contributed by atoms with van der Waals surface area (Å²) in [4.78, 5) is 0.127. The zero-order chi connectivity index (χ0) is 14.8. The zero-order valence-electron chi connectivity index (χ0n) is 11.8. The highest BCUT2D eigenvalue weighted by molar-refractivity contribution is 7.89. The lowest BCUT2D eigenvalue weighted by atomic mass is 9.77. The van der Waals surface area contributed by atoms with Gasteiger partial charge >= 0.3 is 0 Å². The van der Waals surface area contributed by atoms with Crippen molar-refractivity contribution >= 4 is 15.7 Å². The van der Waals surface area contributed by atoms with Gasteiger partial charge in [0.2, 0.25) is 10.0 Å². The van der Waals surface area contributed by atoms with E-state index in [1.165, 1.54) is 25.0 Å². The number of primary sulfonamides is 1. The Morgan fingerprint density at radius 2 is 1.80 bits per heavy atom. The van der Waals surface area contributed by atoms with Gasteiger partial charge in [-0.15, -0.1) is 0 Å². The summed E-state index contributed by atoms with van der Waals surface area (Å²) in [5, 5.41) is 8.57. The topological polar surface area (TPSA) is 98.2 Å². The maximum Gasteiger partial charge on any atom is 0.238 e. The molecular formula is C14H23N3O2S. The van der Waals surface area contributed by atoms with Crippen molar-refractivity contribution in [2.75, 3.05) is 11.9 Å². The molecular weight excluding hydrogens is 274 g/mol. The van der Waals surface area contributed by atoms with E-state index in [2.05, 4.69) is 12.2 Å². The number of anilines is 1. The number of sulfonamides is 1. The summed E-state index contributed by atoms with van der Waals surface area (Å²) in [7, 11) is -3.63. The fraction of sp³-hybridized carbons (Fsp3) is 0.571. The van der Waals surface area contributed by atoms with Crippen molar-refractivity contribution in [2.24, 2.45) is 16.8 Å². The minimum absolute atomic E-state index is 0.0738. The molecule has 1 aliphatic carbocycles. The molecule has 6 heteroatoms. The molecule has 20 heavy (non-hydrogen) atoms. The molecule has 0 bridgehead atoms. The molecule has 0 unspecified atom stereocenters. The van der Waals surface area contributed by atoms with Gasteiger partial charge in [0, 0.05) is 17.8 Å². The lowest BCUT2D eigenvalue weighted by molar-refractivity contribution is 0.272. The lowest BCUT2D eigenvalue weighted by Crippen LogP contribution is -2.48. The number of hydrogen-bond donors (Lipinski definition) is 3. The first kappa shape index (κ1) is 15.3. The van der Waals surface area contributed by atoms with Crippen molar-refractivity contribution in [1.29, 1.82) is 0 Å². The van der Waals surface area contributed by atoms with E-state index in [-0.39, 0.29) is 10.4 Å². The minimum atomic E-state index is -3.63. The van der Waals surface area contributed by atoms with Crippen molar-refractivity contribution in [3.8, 4) is 0 Å². The van der Waals surface area contributed by atoms with Gasteiger partial charge in [0.05, 0.1) is 4.90 Å². The Hall–Kier alpha value is -1.11. The largest absolute Gasteiger partial charge is 0.378 e. The molecule has 0 spiro atoms. The van der Waals surface area contributed by atoms with Crippen molar-refractivity contribution < 1.29 is 8.42 Å². The summed E-state index contributed by atoms with van der Waals surface area (Å²) in [5.74, 6) is 0.751. The molecule has 2 rings (SSSR count). The molecule has 5 N–H and O–H groups in total. The van der Waals surface area contributed by atoms with E-state index in [4.69, 9.17) is 10.9 Å². The number of hydrogen-bond acceptors (Lipinski definition) is 4. The summed E-state index contributed by atoms with van der Waals surface area (Å²) in [6, 6.07) is 6.53. The molecule has 1 aliphatic rings. The van der Waals surface area contributed by atoms with Crippen LogP contribution in [0.2, 0.25) is 0 Å².